The van der Waals surface area contributed by atoms with Gasteiger partial charge in [-0.1, -0.05) is 6.92 Å². The van der Waals surface area contributed by atoms with Gasteiger partial charge in [-0.25, -0.2) is 14.6 Å². The number of aliphatic hydroxyl groups is 2. The molecule has 16 nitrogen and oxygen atoms in total. The van der Waals surface area contributed by atoms with E-state index in [1.807, 2.05) is 6.92 Å². The molecule has 3 N–H and O–H groups in total. The van der Waals surface area contributed by atoms with Gasteiger partial charge in [0.2, 0.25) is 0 Å². The van der Waals surface area contributed by atoms with Crippen molar-refractivity contribution in [2.45, 2.75) is 51.0 Å². The summed E-state index contributed by atoms with van der Waals surface area (Å²) in [5.41, 5.74) is -0.603. The first kappa shape index (κ1) is 28.8. The highest BCUT2D eigenvalue weighted by atomic mass is 31.2. The van der Waals surface area contributed by atoms with Crippen LogP contribution in [0.1, 0.15) is 29.9 Å². The summed E-state index contributed by atoms with van der Waals surface area (Å²) < 4.78 is 31.0. The molecule has 39 heavy (non-hydrogen) atoms. The summed E-state index contributed by atoms with van der Waals surface area (Å²) >= 11 is 0. The maximum absolute atomic E-state index is 13.0. The van der Waals surface area contributed by atoms with Gasteiger partial charge in [-0.15, -0.1) is 0 Å². The number of fused-ring (bicyclic) bond motifs is 1. The molecule has 1 aliphatic rings. The summed E-state index contributed by atoms with van der Waals surface area (Å²) in [6.45, 7) is 1.24. The Bertz CT molecular complexity index is 1530. The van der Waals surface area contributed by atoms with E-state index in [1.54, 1.807) is 4.57 Å². The molecule has 212 valence electrons. The fourth-order valence-corrected chi connectivity index (χ4v) is 4.63. The third-order valence-electron chi connectivity index (χ3n) is 6.21. The van der Waals surface area contributed by atoms with Crippen molar-refractivity contribution in [1.82, 2.24) is 18.7 Å². The molecule has 2 unspecified atom stereocenters. The van der Waals surface area contributed by atoms with E-state index in [1.165, 1.54) is 47.0 Å². The molecule has 0 aliphatic carbocycles. The summed E-state index contributed by atoms with van der Waals surface area (Å²) in [5.74, 6) is -0.799. The van der Waals surface area contributed by atoms with E-state index >= 15 is 0 Å². The van der Waals surface area contributed by atoms with E-state index in [0.717, 1.165) is 11.0 Å². The number of hydrogen-bond acceptors (Lipinski definition) is 11. The summed E-state index contributed by atoms with van der Waals surface area (Å²) in [6, 6.07) is 2.86. The van der Waals surface area contributed by atoms with Gasteiger partial charge < -0.3 is 38.6 Å². The number of rotatable bonds is 10. The number of pyridine rings is 1. The third kappa shape index (κ3) is 6.01. The molecule has 0 radical (unpaired) electrons. The number of aromatic nitrogens is 5. The lowest BCUT2D eigenvalue weighted by Crippen LogP contribution is -2.46. The summed E-state index contributed by atoms with van der Waals surface area (Å²) in [7, 11) is -3.58. The number of carbonyl (C=O) groups is 1. The minimum absolute atomic E-state index is 0.0265. The smallest absolute Gasteiger partial charge is 0.344 e. The van der Waals surface area contributed by atoms with E-state index in [0.29, 0.717) is 6.54 Å². The van der Waals surface area contributed by atoms with E-state index in [-0.39, 0.29) is 29.9 Å². The van der Waals surface area contributed by atoms with Crippen LogP contribution in [0.3, 0.4) is 0 Å². The van der Waals surface area contributed by atoms with Crippen molar-refractivity contribution < 1.29 is 47.9 Å². The van der Waals surface area contributed by atoms with Crippen LogP contribution in [-0.4, -0.2) is 71.3 Å². The Morgan fingerprint density at radius 2 is 2.03 bits per heavy atom. The first-order chi connectivity index (χ1) is 18.4. The second kappa shape index (κ2) is 11.5. The number of aliphatic hydroxyl groups excluding tert-OH is 2. The van der Waals surface area contributed by atoms with Crippen LogP contribution >= 0.6 is 7.82 Å². The molecular formula is C22H28N5O11P. The van der Waals surface area contributed by atoms with Gasteiger partial charge >= 0.3 is 11.7 Å². The first-order valence-corrected chi connectivity index (χ1v) is 13.4. The number of carbonyl (C=O) groups excluding carboxylic acids is 1. The Morgan fingerprint density at radius 3 is 2.72 bits per heavy atom. The maximum atomic E-state index is 13.0. The van der Waals surface area contributed by atoms with Gasteiger partial charge in [0.05, 0.1) is 19.5 Å². The van der Waals surface area contributed by atoms with Gasteiger partial charge in [-0.3, -0.25) is 18.5 Å². The number of phosphoric ester groups is 1. The number of esters is 1. The molecule has 0 aromatic carbocycles. The van der Waals surface area contributed by atoms with Crippen LogP contribution in [0.5, 0.6) is 0 Å². The molecule has 0 spiro atoms. The third-order valence-corrected chi connectivity index (χ3v) is 6.68. The lowest BCUT2D eigenvalue weighted by molar-refractivity contribution is -0.765. The average molecular weight is 569 g/mol. The molecule has 4 heterocycles. The van der Waals surface area contributed by atoms with Gasteiger partial charge in [-0.05, 0) is 12.5 Å². The topological polar surface area (TPSA) is 211 Å². The lowest BCUT2D eigenvalue weighted by Gasteiger charge is -2.19. The highest BCUT2D eigenvalue weighted by molar-refractivity contribution is 7.44. The van der Waals surface area contributed by atoms with Crippen LogP contribution in [0.4, 0.5) is 0 Å². The van der Waals surface area contributed by atoms with Crippen molar-refractivity contribution in [2.24, 2.45) is 7.05 Å². The fourth-order valence-electron chi connectivity index (χ4n) is 4.30. The van der Waals surface area contributed by atoms with Crippen LogP contribution in [0, 0.1) is 0 Å². The van der Waals surface area contributed by atoms with Gasteiger partial charge in [0.15, 0.2) is 29.7 Å². The molecule has 5 atom stereocenters. The zero-order valence-corrected chi connectivity index (χ0v) is 21.9. The van der Waals surface area contributed by atoms with Gasteiger partial charge in [-0.2, -0.15) is 4.57 Å². The van der Waals surface area contributed by atoms with Crippen molar-refractivity contribution >= 4 is 25.0 Å². The summed E-state index contributed by atoms with van der Waals surface area (Å²) in [5, 5.41) is 20.5. The zero-order chi connectivity index (χ0) is 28.5. The first-order valence-electron chi connectivity index (χ1n) is 12.0. The minimum Gasteiger partial charge on any atom is -0.756 e. The van der Waals surface area contributed by atoms with Crippen molar-refractivity contribution in [3.63, 3.8) is 0 Å². The predicted molar refractivity (Wildman–Crippen MR) is 128 cm³/mol. The van der Waals surface area contributed by atoms with Gasteiger partial charge in [0, 0.05) is 19.7 Å². The summed E-state index contributed by atoms with van der Waals surface area (Å²) in [4.78, 5) is 62.1. The molecule has 1 saturated heterocycles. The van der Waals surface area contributed by atoms with Crippen LogP contribution in [0.2, 0.25) is 0 Å². The second-order valence-electron chi connectivity index (χ2n) is 8.89. The molecule has 3 aromatic rings. The van der Waals surface area contributed by atoms with Crippen molar-refractivity contribution in [1.29, 1.82) is 0 Å². The van der Waals surface area contributed by atoms with Crippen LogP contribution in [0.15, 0.2) is 40.4 Å². The molecule has 0 amide bonds. The summed E-state index contributed by atoms with van der Waals surface area (Å²) in [6.07, 6.45) is -0.598. The molecule has 0 bridgehead atoms. The number of hydrogen-bond donors (Lipinski definition) is 3. The zero-order valence-electron chi connectivity index (χ0n) is 21.0. The SMILES string of the molecule is CCCn1cnc2c1c(=O)n(CCOC(=O)c1ccc[n+](C3O[C@H](COP(=O)([O-])O)[C@@H](O)[C@H]3O)c1)c(=O)n2C. The van der Waals surface area contributed by atoms with E-state index in [9.17, 15) is 34.1 Å². The number of imidazole rings is 1. The van der Waals surface area contributed by atoms with Crippen LogP contribution < -0.4 is 20.7 Å². The number of phosphoric acid groups is 1. The van der Waals surface area contributed by atoms with Crippen molar-refractivity contribution in [3.8, 4) is 0 Å². The number of nitrogens with zero attached hydrogens (tertiary/aromatic N) is 5. The number of aryl methyl sites for hydroxylation is 2. The van der Waals surface area contributed by atoms with Crippen molar-refractivity contribution in [2.75, 3.05) is 13.2 Å². The predicted octanol–water partition coefficient (Wildman–Crippen LogP) is -2.45. The molecular weight excluding hydrogens is 541 g/mol. The van der Waals surface area contributed by atoms with E-state index < -0.39 is 56.2 Å². The Balaban J connectivity index is 1.45. The molecule has 1 fully saturated rings. The standard InChI is InChI=1S/C22H28N5O11P/c1-3-6-26-12-23-18-15(26)19(30)27(22(32)24(18)2)8-9-36-21(31)13-5-4-7-25(10-13)20-17(29)16(28)14(38-20)11-37-39(33,34)35/h4-5,7,10,12,14,16-17,20,28-29H,3,6,8-9,11H2,1-2H3,(H-,33,34,35)/t14-,16-,17-,20?/m1/s1. The average Bonchev–Trinajstić information content (AvgIpc) is 3.44. The quantitative estimate of drug-likeness (QED) is 0.132. The Morgan fingerprint density at radius 1 is 1.28 bits per heavy atom. The molecule has 0 saturated carbocycles. The normalized spacial score (nSPS) is 22.7. The second-order valence-corrected chi connectivity index (χ2v) is 10.1. The molecule has 3 aromatic heterocycles. The van der Waals surface area contributed by atoms with E-state index in [4.69, 9.17) is 14.4 Å². The minimum atomic E-state index is -5.07. The number of ether oxygens (including phenoxy) is 2. The Labute approximate surface area is 220 Å². The molecule has 1 aliphatic heterocycles. The monoisotopic (exact) mass is 569 g/mol. The van der Waals surface area contributed by atoms with Gasteiger partial charge in [0.25, 0.3) is 19.6 Å². The molecule has 17 heteroatoms. The van der Waals surface area contributed by atoms with E-state index in [2.05, 4.69) is 9.51 Å². The molecule has 4 rings (SSSR count). The Hall–Kier alpha value is -3.24. The fraction of sp³-hybridized carbons (Fsp3) is 0.500. The highest BCUT2D eigenvalue weighted by Crippen LogP contribution is 2.33. The maximum Gasteiger partial charge on any atom is 0.344 e. The lowest BCUT2D eigenvalue weighted by atomic mass is 10.1. The highest BCUT2D eigenvalue weighted by Gasteiger charge is 2.48. The van der Waals surface area contributed by atoms with Crippen LogP contribution in [-0.2, 0) is 38.7 Å². The largest absolute Gasteiger partial charge is 0.756 e. The van der Waals surface area contributed by atoms with Crippen LogP contribution in [0.25, 0.3) is 11.2 Å². The Kier molecular flexibility index (Phi) is 8.46. The van der Waals surface area contributed by atoms with Gasteiger partial charge in [0.1, 0.15) is 24.4 Å². The van der Waals surface area contributed by atoms with Crippen molar-refractivity contribution in [3.05, 3.63) is 57.3 Å².